The van der Waals surface area contributed by atoms with Gasteiger partial charge in [-0.2, -0.15) is 0 Å². The molecule has 7 heterocycles. The Bertz CT molecular complexity index is 2270. The third-order valence-electron chi connectivity index (χ3n) is 10.6. The largest absolute Gasteiger partial charge is 0.372 e. The predicted molar refractivity (Wildman–Crippen MR) is 186 cm³/mol. The van der Waals surface area contributed by atoms with Crippen molar-refractivity contribution in [2.45, 2.75) is 0 Å². The van der Waals surface area contributed by atoms with Crippen LogP contribution in [0, 0.1) is 0 Å². The summed E-state index contributed by atoms with van der Waals surface area (Å²) in [5, 5.41) is 0. The van der Waals surface area contributed by atoms with E-state index in [1.54, 1.807) is 0 Å². The van der Waals surface area contributed by atoms with Gasteiger partial charge in [-0.3, -0.25) is 0 Å². The third-order valence-corrected chi connectivity index (χ3v) is 10.6. The smallest absolute Gasteiger partial charge is 0.363 e. The van der Waals surface area contributed by atoms with Crippen molar-refractivity contribution in [3.8, 4) is 11.4 Å². The second kappa shape index (κ2) is 7.63. The van der Waals surface area contributed by atoms with Crippen molar-refractivity contribution in [3.63, 3.8) is 0 Å². The number of rotatable bonds is 2. The number of benzene rings is 5. The molecule has 12 rings (SSSR count). The maximum atomic E-state index is 2.69. The van der Waals surface area contributed by atoms with Crippen LogP contribution in [-0.2, 0) is 0 Å². The molecular formula is C38H23B2N5. The van der Waals surface area contributed by atoms with Gasteiger partial charge in [0.05, 0.1) is 22.7 Å². The van der Waals surface area contributed by atoms with Crippen molar-refractivity contribution in [1.29, 1.82) is 0 Å². The standard InChI is InChI=1S/C38H23B2N5/c1-3-10-24(11-4-1)43-26-14-7-15-27-34(26)39-35-28(43)18-20-30-37(35)45-38-31(21-19-29(36(38)39)44(27)25-12-5-2-6-13-25)42-23-9-17-33(42)40(45)32-16-8-22-41(30)32/h1-23H. The minimum absolute atomic E-state index is 0.0721. The zero-order chi connectivity index (χ0) is 29.0. The van der Waals surface area contributed by atoms with E-state index >= 15 is 0 Å². The molecule has 0 N–H and O–H groups in total. The van der Waals surface area contributed by atoms with Crippen LogP contribution in [0.2, 0.25) is 0 Å². The highest BCUT2D eigenvalue weighted by Gasteiger charge is 2.55. The molecule has 5 aromatic carbocycles. The van der Waals surface area contributed by atoms with Gasteiger partial charge in [-0.1, -0.05) is 42.5 Å². The van der Waals surface area contributed by atoms with Crippen molar-refractivity contribution in [1.82, 2.24) is 9.13 Å². The summed E-state index contributed by atoms with van der Waals surface area (Å²) in [4.78, 5) is 7.69. The molecule has 0 amide bonds. The molecule has 2 aromatic heterocycles. The van der Waals surface area contributed by atoms with E-state index in [4.69, 9.17) is 0 Å². The molecule has 0 unspecified atom stereocenters. The number of anilines is 8. The second-order valence-corrected chi connectivity index (χ2v) is 12.6. The van der Waals surface area contributed by atoms with E-state index in [1.165, 1.54) is 84.4 Å². The lowest BCUT2D eigenvalue weighted by molar-refractivity contribution is 1.04. The zero-order valence-electron chi connectivity index (χ0n) is 24.2. The molecule has 0 radical (unpaired) electrons. The average molecular weight is 571 g/mol. The number of nitrogens with zero attached hydrogens (tertiary/aromatic N) is 5. The second-order valence-electron chi connectivity index (χ2n) is 12.6. The molecule has 0 bridgehead atoms. The molecule has 206 valence electrons. The summed E-state index contributed by atoms with van der Waals surface area (Å²) in [6.45, 7) is 0.181. The molecule has 0 saturated heterocycles. The number of fused-ring (bicyclic) bond motifs is 6. The first-order chi connectivity index (χ1) is 22.4. The lowest BCUT2D eigenvalue weighted by Gasteiger charge is -2.53. The number of hydrogen-bond acceptors (Lipinski definition) is 3. The van der Waals surface area contributed by atoms with E-state index < -0.39 is 0 Å². The van der Waals surface area contributed by atoms with Crippen molar-refractivity contribution in [3.05, 3.63) is 140 Å². The fourth-order valence-electron chi connectivity index (χ4n) is 9.11. The monoisotopic (exact) mass is 571 g/mol. The average Bonchev–Trinajstić information content (AvgIpc) is 3.79. The Morgan fingerprint density at radius 3 is 1.36 bits per heavy atom. The van der Waals surface area contributed by atoms with Crippen LogP contribution in [0.3, 0.4) is 0 Å². The van der Waals surface area contributed by atoms with Gasteiger partial charge in [0.25, 0.3) is 6.71 Å². The van der Waals surface area contributed by atoms with Gasteiger partial charge in [0.2, 0.25) is 0 Å². The van der Waals surface area contributed by atoms with Crippen molar-refractivity contribution in [2.24, 2.45) is 0 Å². The van der Waals surface area contributed by atoms with Crippen molar-refractivity contribution < 1.29 is 0 Å². The first-order valence-electron chi connectivity index (χ1n) is 15.7. The summed E-state index contributed by atoms with van der Waals surface area (Å²) >= 11 is 0. The maximum Gasteiger partial charge on any atom is 0.363 e. The molecule has 5 aliphatic rings. The van der Waals surface area contributed by atoms with Crippen molar-refractivity contribution >= 4 is 86.6 Å². The summed E-state index contributed by atoms with van der Waals surface area (Å²) in [7, 11) is 0. The van der Waals surface area contributed by atoms with Crippen LogP contribution in [-0.4, -0.2) is 22.7 Å². The molecule has 0 fully saturated rings. The van der Waals surface area contributed by atoms with Gasteiger partial charge < -0.3 is 23.7 Å². The van der Waals surface area contributed by atoms with Crippen LogP contribution in [0.4, 0.5) is 45.5 Å². The van der Waals surface area contributed by atoms with E-state index in [0.717, 1.165) is 0 Å². The first kappa shape index (κ1) is 22.7. The Morgan fingerprint density at radius 1 is 0.378 bits per heavy atom. The fraction of sp³-hybridized carbons (Fsp3) is 0. The van der Waals surface area contributed by atoms with Gasteiger partial charge in [-0.15, -0.1) is 0 Å². The maximum absolute atomic E-state index is 2.69. The Balaban J connectivity index is 1.30. The number of aromatic nitrogens is 2. The molecule has 0 spiro atoms. The molecule has 45 heavy (non-hydrogen) atoms. The number of hydrogen-bond donors (Lipinski definition) is 0. The topological polar surface area (TPSA) is 19.6 Å². The van der Waals surface area contributed by atoms with Crippen LogP contribution in [0.25, 0.3) is 11.4 Å². The lowest BCUT2D eigenvalue weighted by atomic mass is 9.30. The summed E-state index contributed by atoms with van der Waals surface area (Å²) in [6, 6.07) is 47.1. The normalized spacial score (nSPS) is 14.9. The highest BCUT2D eigenvalue weighted by atomic mass is 15.2. The fourth-order valence-corrected chi connectivity index (χ4v) is 9.11. The summed E-state index contributed by atoms with van der Waals surface area (Å²) in [6.07, 6.45) is 4.49. The number of para-hydroxylation sites is 2. The van der Waals surface area contributed by atoms with Crippen LogP contribution in [0.1, 0.15) is 0 Å². The quantitative estimate of drug-likeness (QED) is 0.265. The van der Waals surface area contributed by atoms with E-state index in [1.807, 2.05) is 0 Å². The van der Waals surface area contributed by atoms with Crippen LogP contribution < -0.4 is 42.2 Å². The van der Waals surface area contributed by atoms with Crippen LogP contribution in [0.15, 0.2) is 140 Å². The highest BCUT2D eigenvalue weighted by molar-refractivity contribution is 7.04. The molecule has 0 atom stereocenters. The lowest BCUT2D eigenvalue weighted by Crippen LogP contribution is -2.72. The summed E-state index contributed by atoms with van der Waals surface area (Å²) in [5.41, 5.74) is 19.3. The molecule has 7 aromatic rings. The zero-order valence-corrected chi connectivity index (χ0v) is 24.2. The van der Waals surface area contributed by atoms with Gasteiger partial charge in [0, 0.05) is 57.7 Å². The van der Waals surface area contributed by atoms with E-state index in [2.05, 4.69) is 164 Å². The van der Waals surface area contributed by atoms with Gasteiger partial charge >= 0.3 is 6.85 Å². The third kappa shape index (κ3) is 2.47. The summed E-state index contributed by atoms with van der Waals surface area (Å²) in [5.74, 6) is 0. The Hall–Kier alpha value is -5.81. The molecule has 0 aliphatic carbocycles. The minimum Gasteiger partial charge on any atom is -0.372 e. The van der Waals surface area contributed by atoms with Crippen LogP contribution in [0.5, 0.6) is 0 Å². The molecule has 5 aliphatic heterocycles. The molecule has 7 heteroatoms. The Morgan fingerprint density at radius 2 is 0.844 bits per heavy atom. The van der Waals surface area contributed by atoms with Gasteiger partial charge in [-0.05, 0) is 101 Å². The molecule has 0 saturated carbocycles. The first-order valence-corrected chi connectivity index (χ1v) is 15.7. The van der Waals surface area contributed by atoms with Gasteiger partial charge in [0.1, 0.15) is 0 Å². The highest BCUT2D eigenvalue weighted by Crippen LogP contribution is 2.52. The molecular weight excluding hydrogens is 548 g/mol. The van der Waals surface area contributed by atoms with Gasteiger partial charge in [0.15, 0.2) is 0 Å². The Labute approximate surface area is 261 Å². The molecule has 5 nitrogen and oxygen atoms in total. The Kier molecular flexibility index (Phi) is 3.85. The van der Waals surface area contributed by atoms with Crippen LogP contribution >= 0.6 is 0 Å². The SMILES string of the molecule is c1ccc(N2c3cccc4c3B3c5c2ccc2c5N5B(c6cccn6-2)c2cccn2-c2ccc(c3c25)N4c2ccccc2)cc1. The van der Waals surface area contributed by atoms with Crippen molar-refractivity contribution in [2.75, 3.05) is 14.6 Å². The minimum atomic E-state index is 0.0721. The van der Waals surface area contributed by atoms with E-state index in [9.17, 15) is 0 Å². The van der Waals surface area contributed by atoms with Gasteiger partial charge in [-0.25, -0.2) is 0 Å². The predicted octanol–water partition coefficient (Wildman–Crippen LogP) is 5.23. The summed E-state index contributed by atoms with van der Waals surface area (Å²) < 4.78 is 4.86. The van der Waals surface area contributed by atoms with E-state index in [0.29, 0.717) is 0 Å². The van der Waals surface area contributed by atoms with E-state index in [-0.39, 0.29) is 13.6 Å².